The Morgan fingerprint density at radius 2 is 1.67 bits per heavy atom. The van der Waals surface area contributed by atoms with Gasteiger partial charge in [-0.2, -0.15) is 4.31 Å². The summed E-state index contributed by atoms with van der Waals surface area (Å²) >= 11 is 0. The highest BCUT2D eigenvalue weighted by Crippen LogP contribution is 2.24. The molecule has 2 aromatic rings. The Morgan fingerprint density at radius 3 is 2.30 bits per heavy atom. The van der Waals surface area contributed by atoms with Crippen LogP contribution in [-0.2, 0) is 14.8 Å². The predicted molar refractivity (Wildman–Crippen MR) is 115 cm³/mol. The Kier molecular flexibility index (Phi) is 6.90. The normalized spacial score (nSPS) is 17.1. The van der Waals surface area contributed by atoms with Crippen LogP contribution in [-0.4, -0.2) is 55.8 Å². The summed E-state index contributed by atoms with van der Waals surface area (Å²) in [5.41, 5.74) is 1.88. The molecular weight excluding hydrogens is 405 g/mol. The maximum Gasteiger partial charge on any atom is 0.243 e. The number of nitrogens with zero attached hydrogens (tertiary/aromatic N) is 2. The number of anilines is 1. The van der Waals surface area contributed by atoms with Crippen molar-refractivity contribution in [1.29, 1.82) is 0 Å². The van der Waals surface area contributed by atoms with E-state index in [1.165, 1.54) is 22.5 Å². The van der Waals surface area contributed by atoms with Crippen LogP contribution in [0.5, 0.6) is 0 Å². The molecule has 1 amide bonds. The van der Waals surface area contributed by atoms with E-state index in [0.29, 0.717) is 13.1 Å². The molecule has 2 aromatic carbocycles. The van der Waals surface area contributed by atoms with Gasteiger partial charge in [0.05, 0.1) is 10.9 Å². The molecular formula is C22H28FN3O3S. The lowest BCUT2D eigenvalue weighted by atomic mass is 10.0. The Morgan fingerprint density at radius 1 is 1.00 bits per heavy atom. The van der Waals surface area contributed by atoms with Gasteiger partial charge in [0, 0.05) is 31.9 Å². The molecule has 1 saturated heterocycles. The second-order valence-corrected chi connectivity index (χ2v) is 9.74. The van der Waals surface area contributed by atoms with Crippen LogP contribution in [0.25, 0.3) is 0 Å². The Hall–Kier alpha value is -2.29. The number of amides is 1. The second-order valence-electron chi connectivity index (χ2n) is 7.80. The maximum atomic E-state index is 13.4. The molecule has 0 spiro atoms. The van der Waals surface area contributed by atoms with E-state index in [1.54, 1.807) is 0 Å². The number of para-hydroxylation sites is 1. The van der Waals surface area contributed by atoms with Gasteiger partial charge < -0.3 is 5.32 Å². The number of hydrogen-bond acceptors (Lipinski definition) is 4. The average molecular weight is 434 g/mol. The molecule has 1 atom stereocenters. The highest BCUT2D eigenvalue weighted by molar-refractivity contribution is 7.89. The van der Waals surface area contributed by atoms with Gasteiger partial charge in [0.25, 0.3) is 0 Å². The molecule has 1 fully saturated rings. The Labute approximate surface area is 177 Å². The van der Waals surface area contributed by atoms with Crippen LogP contribution in [0.4, 0.5) is 10.1 Å². The highest BCUT2D eigenvalue weighted by Gasteiger charge is 2.32. The summed E-state index contributed by atoms with van der Waals surface area (Å²) in [6.07, 6.45) is 0. The van der Waals surface area contributed by atoms with Crippen molar-refractivity contribution in [3.63, 3.8) is 0 Å². The first kappa shape index (κ1) is 22.4. The monoisotopic (exact) mass is 433 g/mol. The second kappa shape index (κ2) is 9.24. The first-order chi connectivity index (χ1) is 14.2. The highest BCUT2D eigenvalue weighted by atomic mass is 32.2. The number of halogens is 1. The van der Waals surface area contributed by atoms with E-state index in [4.69, 9.17) is 0 Å². The Bertz CT molecular complexity index is 1000. The maximum absolute atomic E-state index is 13.4. The van der Waals surface area contributed by atoms with Gasteiger partial charge in [-0.3, -0.25) is 9.69 Å². The minimum Gasteiger partial charge on any atom is -0.324 e. The van der Waals surface area contributed by atoms with Crippen LogP contribution in [0.3, 0.4) is 0 Å². The fourth-order valence-corrected chi connectivity index (χ4v) is 5.08. The van der Waals surface area contributed by atoms with Crippen LogP contribution in [0, 0.1) is 5.82 Å². The molecule has 0 aromatic heterocycles. The first-order valence-electron chi connectivity index (χ1n) is 10.1. The van der Waals surface area contributed by atoms with Crippen molar-refractivity contribution in [3.8, 4) is 0 Å². The number of piperazine rings is 1. The zero-order valence-corrected chi connectivity index (χ0v) is 18.3. The van der Waals surface area contributed by atoms with Crippen LogP contribution >= 0.6 is 0 Å². The van der Waals surface area contributed by atoms with Gasteiger partial charge in [-0.25, -0.2) is 12.8 Å². The minimum absolute atomic E-state index is 0.0490. The molecule has 3 rings (SSSR count). The third-order valence-corrected chi connectivity index (χ3v) is 7.37. The van der Waals surface area contributed by atoms with E-state index in [-0.39, 0.29) is 29.8 Å². The standard InChI is InChI=1S/C22H28FN3O3S/c1-16(2)20-9-4-5-10-21(20)24-22(27)17(3)25-11-13-26(14-12-25)30(28,29)19-8-6-7-18(23)15-19/h4-10,15-17H,11-14H2,1-3H3,(H,24,27). The van der Waals surface area contributed by atoms with Crippen LogP contribution in [0.15, 0.2) is 53.4 Å². The molecule has 162 valence electrons. The molecule has 0 radical (unpaired) electrons. The summed E-state index contributed by atoms with van der Waals surface area (Å²) < 4.78 is 40.3. The van der Waals surface area contributed by atoms with Crippen molar-refractivity contribution < 1.29 is 17.6 Å². The van der Waals surface area contributed by atoms with Crippen LogP contribution in [0.2, 0.25) is 0 Å². The largest absolute Gasteiger partial charge is 0.324 e. The fraction of sp³-hybridized carbons (Fsp3) is 0.409. The van der Waals surface area contributed by atoms with E-state index in [2.05, 4.69) is 19.2 Å². The topological polar surface area (TPSA) is 69.7 Å². The van der Waals surface area contributed by atoms with Gasteiger partial charge in [-0.15, -0.1) is 0 Å². The number of sulfonamides is 1. The van der Waals surface area contributed by atoms with Gasteiger partial charge in [0.2, 0.25) is 15.9 Å². The van der Waals surface area contributed by atoms with Crippen molar-refractivity contribution >= 4 is 21.6 Å². The van der Waals surface area contributed by atoms with E-state index in [9.17, 15) is 17.6 Å². The van der Waals surface area contributed by atoms with Gasteiger partial charge in [-0.1, -0.05) is 38.1 Å². The molecule has 1 heterocycles. The summed E-state index contributed by atoms with van der Waals surface area (Å²) in [5.74, 6) is -0.417. The molecule has 0 saturated carbocycles. The van der Waals surface area contributed by atoms with Gasteiger partial charge in [-0.05, 0) is 42.7 Å². The summed E-state index contributed by atoms with van der Waals surface area (Å²) in [6.45, 7) is 7.32. The molecule has 6 nitrogen and oxygen atoms in total. The summed E-state index contributed by atoms with van der Waals surface area (Å²) in [6, 6.07) is 12.4. The lowest BCUT2D eigenvalue weighted by Gasteiger charge is -2.36. The van der Waals surface area contributed by atoms with E-state index in [1.807, 2.05) is 36.1 Å². The third-order valence-electron chi connectivity index (χ3n) is 5.47. The lowest BCUT2D eigenvalue weighted by Crippen LogP contribution is -2.53. The molecule has 1 aliphatic heterocycles. The van der Waals surface area contributed by atoms with Crippen molar-refractivity contribution in [1.82, 2.24) is 9.21 Å². The summed E-state index contributed by atoms with van der Waals surface area (Å²) in [7, 11) is -3.75. The van der Waals surface area contributed by atoms with Crippen LogP contribution in [0.1, 0.15) is 32.3 Å². The Balaban J connectivity index is 1.63. The van der Waals surface area contributed by atoms with Gasteiger partial charge in [0.1, 0.15) is 5.82 Å². The van der Waals surface area contributed by atoms with Crippen molar-refractivity contribution in [2.24, 2.45) is 0 Å². The molecule has 1 unspecified atom stereocenters. The molecule has 8 heteroatoms. The number of carbonyl (C=O) groups excluding carboxylic acids is 1. The smallest absolute Gasteiger partial charge is 0.243 e. The number of carbonyl (C=O) groups is 1. The third kappa shape index (κ3) is 4.88. The zero-order chi connectivity index (χ0) is 21.9. The zero-order valence-electron chi connectivity index (χ0n) is 17.5. The first-order valence-corrected chi connectivity index (χ1v) is 11.5. The molecule has 30 heavy (non-hydrogen) atoms. The molecule has 0 bridgehead atoms. The summed E-state index contributed by atoms with van der Waals surface area (Å²) in [5, 5.41) is 3.01. The number of rotatable bonds is 6. The van der Waals surface area contributed by atoms with Crippen molar-refractivity contribution in [3.05, 3.63) is 59.9 Å². The SMILES string of the molecule is CC(C)c1ccccc1NC(=O)C(C)N1CCN(S(=O)(=O)c2cccc(F)c2)CC1. The molecule has 0 aliphatic carbocycles. The molecule has 1 aliphatic rings. The van der Waals surface area contributed by atoms with E-state index >= 15 is 0 Å². The van der Waals surface area contributed by atoms with Gasteiger partial charge in [0.15, 0.2) is 0 Å². The lowest BCUT2D eigenvalue weighted by molar-refractivity contribution is -0.121. The van der Waals surface area contributed by atoms with Crippen molar-refractivity contribution in [2.75, 3.05) is 31.5 Å². The van der Waals surface area contributed by atoms with Crippen LogP contribution < -0.4 is 5.32 Å². The number of benzene rings is 2. The van der Waals surface area contributed by atoms with Crippen molar-refractivity contribution in [2.45, 2.75) is 37.6 Å². The average Bonchev–Trinajstić information content (AvgIpc) is 2.73. The van der Waals surface area contributed by atoms with E-state index in [0.717, 1.165) is 17.3 Å². The fourth-order valence-electron chi connectivity index (χ4n) is 3.63. The number of hydrogen-bond donors (Lipinski definition) is 1. The minimum atomic E-state index is -3.75. The molecule has 1 N–H and O–H groups in total. The van der Waals surface area contributed by atoms with Gasteiger partial charge >= 0.3 is 0 Å². The summed E-state index contributed by atoms with van der Waals surface area (Å²) in [4.78, 5) is 14.7. The number of nitrogens with one attached hydrogen (secondary N) is 1. The predicted octanol–water partition coefficient (Wildman–Crippen LogP) is 3.28. The van der Waals surface area contributed by atoms with E-state index < -0.39 is 21.9 Å². The quantitative estimate of drug-likeness (QED) is 0.759.